The molecule has 3 rings (SSSR count). The lowest BCUT2D eigenvalue weighted by atomic mass is 10.1. The highest BCUT2D eigenvalue weighted by molar-refractivity contribution is 7.80. The van der Waals surface area contributed by atoms with Crippen LogP contribution in [0.4, 0.5) is 5.69 Å². The maximum absolute atomic E-state index is 11.6. The van der Waals surface area contributed by atoms with E-state index in [9.17, 15) is 18.7 Å². The van der Waals surface area contributed by atoms with E-state index < -0.39 is 29.9 Å². The molecular formula is C15H13NO6S. The fraction of sp³-hybridized carbons (Fsp3) is 0.133. The van der Waals surface area contributed by atoms with Crippen LogP contribution in [-0.4, -0.2) is 37.6 Å². The molecule has 0 radical (unpaired) electrons. The summed E-state index contributed by atoms with van der Waals surface area (Å²) in [7, 11) is 0. The number of carboxylic acid groups (broad SMARTS) is 1. The average molecular weight is 335 g/mol. The van der Waals surface area contributed by atoms with Crippen LogP contribution in [0.25, 0.3) is 21.9 Å². The number of furan rings is 1. The molecule has 7 nitrogen and oxygen atoms in total. The smallest absolute Gasteiger partial charge is 0.329 e. The van der Waals surface area contributed by atoms with Gasteiger partial charge in [-0.2, -0.15) is 0 Å². The van der Waals surface area contributed by atoms with E-state index in [0.29, 0.717) is 16.6 Å². The Balaban J connectivity index is 2.18. The van der Waals surface area contributed by atoms with Crippen LogP contribution in [0, 0.1) is 0 Å². The highest BCUT2D eigenvalue weighted by Crippen LogP contribution is 2.32. The lowest BCUT2D eigenvalue weighted by Crippen LogP contribution is -2.44. The average Bonchev–Trinajstić information content (AvgIpc) is 2.89. The van der Waals surface area contributed by atoms with Crippen molar-refractivity contribution >= 4 is 44.9 Å². The lowest BCUT2D eigenvalue weighted by Gasteiger charge is -2.25. The molecule has 1 heterocycles. The van der Waals surface area contributed by atoms with E-state index in [1.165, 1.54) is 6.07 Å². The van der Waals surface area contributed by atoms with Crippen LogP contribution < -0.4 is 4.31 Å². The number of hydrogen-bond donors (Lipinski definition) is 3. The van der Waals surface area contributed by atoms with Gasteiger partial charge < -0.3 is 14.6 Å². The number of nitrogens with zero attached hydrogens (tertiary/aromatic N) is 1. The highest BCUT2D eigenvalue weighted by atomic mass is 32.2. The number of carbonyl (C=O) groups is 1. The summed E-state index contributed by atoms with van der Waals surface area (Å²) in [5.74, 6) is -1.40. The van der Waals surface area contributed by atoms with Gasteiger partial charge in [0.05, 0.1) is 12.3 Å². The van der Waals surface area contributed by atoms with E-state index >= 15 is 0 Å². The molecule has 0 saturated carbocycles. The fourth-order valence-corrected chi connectivity index (χ4v) is 3.15. The number of fused-ring (bicyclic) bond motifs is 3. The maximum atomic E-state index is 11.6. The van der Waals surface area contributed by atoms with Gasteiger partial charge in [-0.1, -0.05) is 18.2 Å². The van der Waals surface area contributed by atoms with Gasteiger partial charge in [-0.05, 0) is 24.3 Å². The molecular weight excluding hydrogens is 322 g/mol. The van der Waals surface area contributed by atoms with Crippen LogP contribution in [-0.2, 0) is 16.1 Å². The van der Waals surface area contributed by atoms with Gasteiger partial charge in [0.15, 0.2) is 6.04 Å². The molecule has 120 valence electrons. The molecule has 3 N–H and O–H groups in total. The fourth-order valence-electron chi connectivity index (χ4n) is 2.48. The van der Waals surface area contributed by atoms with Crippen molar-refractivity contribution in [2.75, 3.05) is 10.9 Å². The minimum atomic E-state index is -2.61. The molecule has 3 aromatic rings. The van der Waals surface area contributed by atoms with E-state index in [-0.39, 0.29) is 5.69 Å². The monoisotopic (exact) mass is 335 g/mol. The van der Waals surface area contributed by atoms with Gasteiger partial charge in [-0.15, -0.1) is 0 Å². The summed E-state index contributed by atoms with van der Waals surface area (Å²) in [6, 6.07) is 10.4. The Morgan fingerprint density at radius 3 is 2.52 bits per heavy atom. The predicted octanol–water partition coefficient (Wildman–Crippen LogP) is 1.97. The summed E-state index contributed by atoms with van der Waals surface area (Å²) in [5.41, 5.74) is 1.44. The van der Waals surface area contributed by atoms with Gasteiger partial charge in [-0.25, -0.2) is 9.00 Å². The topological polar surface area (TPSA) is 111 Å². The molecule has 0 amide bonds. The van der Waals surface area contributed by atoms with Gasteiger partial charge >= 0.3 is 5.97 Å². The second kappa shape index (κ2) is 5.99. The van der Waals surface area contributed by atoms with Crippen molar-refractivity contribution in [2.24, 2.45) is 0 Å². The van der Waals surface area contributed by atoms with Crippen molar-refractivity contribution in [3.63, 3.8) is 0 Å². The van der Waals surface area contributed by atoms with Crippen LogP contribution in [0.2, 0.25) is 0 Å². The van der Waals surface area contributed by atoms with E-state index in [4.69, 9.17) is 9.52 Å². The van der Waals surface area contributed by atoms with Gasteiger partial charge in [0, 0.05) is 10.8 Å². The molecule has 23 heavy (non-hydrogen) atoms. The summed E-state index contributed by atoms with van der Waals surface area (Å²) in [5, 5.41) is 19.9. The SMILES string of the molecule is O=C(O)C(CO)N(c1ccc2oc3ccccc3c2c1)S(=O)O. The van der Waals surface area contributed by atoms with Crippen LogP contribution in [0.15, 0.2) is 46.9 Å². The van der Waals surface area contributed by atoms with Gasteiger partial charge in [0.2, 0.25) is 0 Å². The number of rotatable bonds is 5. The van der Waals surface area contributed by atoms with Crippen LogP contribution >= 0.6 is 0 Å². The first-order chi connectivity index (χ1) is 11.0. The van der Waals surface area contributed by atoms with E-state index in [2.05, 4.69) is 0 Å². The summed E-state index contributed by atoms with van der Waals surface area (Å²) in [6.45, 7) is -0.800. The highest BCUT2D eigenvalue weighted by Gasteiger charge is 2.29. The second-order valence-electron chi connectivity index (χ2n) is 4.87. The van der Waals surface area contributed by atoms with Gasteiger partial charge in [0.1, 0.15) is 11.2 Å². The van der Waals surface area contributed by atoms with Crippen molar-refractivity contribution in [1.82, 2.24) is 0 Å². The minimum absolute atomic E-state index is 0.200. The Morgan fingerprint density at radius 2 is 1.87 bits per heavy atom. The van der Waals surface area contributed by atoms with E-state index in [1.807, 2.05) is 18.2 Å². The number of aliphatic carboxylic acids is 1. The number of benzene rings is 2. The van der Waals surface area contributed by atoms with Gasteiger partial charge in [-0.3, -0.25) is 8.86 Å². The Bertz CT molecular complexity index is 905. The summed E-state index contributed by atoms with van der Waals surface area (Å²) in [4.78, 5) is 11.2. The van der Waals surface area contributed by atoms with Crippen LogP contribution in [0.3, 0.4) is 0 Å². The first kappa shape index (κ1) is 15.5. The molecule has 0 aliphatic carbocycles. The Morgan fingerprint density at radius 1 is 1.17 bits per heavy atom. The molecule has 2 unspecified atom stereocenters. The second-order valence-corrected chi connectivity index (χ2v) is 5.73. The first-order valence-electron chi connectivity index (χ1n) is 6.68. The maximum Gasteiger partial charge on any atom is 0.329 e. The third kappa shape index (κ3) is 2.67. The standard InChI is InChI=1S/C15H13NO6S/c17-8-12(15(18)19)16(23(20)21)9-5-6-14-11(7-9)10-3-1-2-4-13(10)22-14/h1-7,12,17H,8H2,(H,18,19)(H,20,21). The van der Waals surface area contributed by atoms with Crippen molar-refractivity contribution in [1.29, 1.82) is 0 Å². The molecule has 2 aromatic carbocycles. The normalized spacial score (nSPS) is 14.0. The zero-order valence-corrected chi connectivity index (χ0v) is 12.6. The molecule has 0 saturated heterocycles. The van der Waals surface area contributed by atoms with Crippen LogP contribution in [0.1, 0.15) is 0 Å². The summed E-state index contributed by atoms with van der Waals surface area (Å²) >= 11 is -2.61. The number of hydrogen-bond acceptors (Lipinski definition) is 4. The lowest BCUT2D eigenvalue weighted by molar-refractivity contribution is -0.139. The zero-order valence-electron chi connectivity index (χ0n) is 11.7. The van der Waals surface area contributed by atoms with Crippen molar-refractivity contribution in [3.8, 4) is 0 Å². The van der Waals surface area contributed by atoms with Crippen LogP contribution in [0.5, 0.6) is 0 Å². The third-order valence-corrected chi connectivity index (χ3v) is 4.33. The molecule has 2 atom stereocenters. The Kier molecular flexibility index (Phi) is 4.03. The molecule has 0 spiro atoms. The van der Waals surface area contributed by atoms with E-state index in [0.717, 1.165) is 9.69 Å². The Labute approximate surface area is 133 Å². The molecule has 0 aliphatic heterocycles. The number of para-hydroxylation sites is 1. The third-order valence-electron chi connectivity index (χ3n) is 3.52. The molecule has 0 fully saturated rings. The molecule has 0 aliphatic rings. The van der Waals surface area contributed by atoms with Crippen molar-refractivity contribution in [2.45, 2.75) is 6.04 Å². The molecule has 8 heteroatoms. The first-order valence-corrected chi connectivity index (χ1v) is 7.74. The van der Waals surface area contributed by atoms with Gasteiger partial charge in [0.25, 0.3) is 11.3 Å². The number of aliphatic hydroxyl groups is 1. The number of anilines is 1. The largest absolute Gasteiger partial charge is 0.480 e. The predicted molar refractivity (Wildman–Crippen MR) is 85.5 cm³/mol. The summed E-state index contributed by atoms with van der Waals surface area (Å²) in [6.07, 6.45) is 0. The number of carboxylic acids is 1. The Hall–Kier alpha value is -2.42. The number of aliphatic hydroxyl groups excluding tert-OH is 1. The van der Waals surface area contributed by atoms with Crippen molar-refractivity contribution < 1.29 is 28.2 Å². The molecule has 0 bridgehead atoms. The molecule has 1 aromatic heterocycles. The summed E-state index contributed by atoms with van der Waals surface area (Å²) < 4.78 is 27.4. The quantitative estimate of drug-likeness (QED) is 0.615. The van der Waals surface area contributed by atoms with E-state index in [1.54, 1.807) is 18.2 Å². The van der Waals surface area contributed by atoms with Crippen molar-refractivity contribution in [3.05, 3.63) is 42.5 Å². The zero-order chi connectivity index (χ0) is 16.6. The minimum Gasteiger partial charge on any atom is -0.480 e.